The maximum Gasteiger partial charge on any atom is 0.267 e. The largest absolute Gasteiger partial charge is 0.506 e. The van der Waals surface area contributed by atoms with E-state index in [1.54, 1.807) is 91.0 Å². The molecule has 568 valence electrons. The SMILES string of the molecule is Oc1c(O)c(O)c(-c2c(O)c(-c3c4ccccc4c(-c4c(O)c(O)c(O)c(-c5ccccc5)c4O)c4ccccc34)c3c(oc4c(OOc5c(O)c(O)c(-c6c7ccccc7c(-c7c(O)c(O)c(-c8ccccc8)c8oc9c(O)c(O)c(O)c(O)c9c78)c7ccccc67)c(O)c5-c5ccccc5)c(O)c(O)c(O)c43)c2O)c(O)c1O. The fourth-order valence-corrected chi connectivity index (χ4v) is 16.0. The van der Waals surface area contributed by atoms with E-state index in [-0.39, 0.29) is 110 Å². The lowest BCUT2D eigenvalue weighted by atomic mass is 9.82. The fraction of sp³-hybridized carbons (Fsp3) is 0. The molecule has 0 radical (unpaired) electrons. The van der Waals surface area contributed by atoms with E-state index in [0.717, 1.165) is 0 Å². The Morgan fingerprint density at radius 3 is 0.843 bits per heavy atom. The van der Waals surface area contributed by atoms with Crippen LogP contribution < -0.4 is 9.78 Å². The van der Waals surface area contributed by atoms with Crippen molar-refractivity contribution in [1.82, 2.24) is 0 Å². The van der Waals surface area contributed by atoms with E-state index in [0.29, 0.717) is 0 Å². The smallest absolute Gasteiger partial charge is 0.267 e. The number of phenols is 23. The molecule has 27 heteroatoms. The van der Waals surface area contributed by atoms with Crippen LogP contribution in [-0.2, 0) is 0 Å². The number of aromatic hydroxyl groups is 23. The third-order valence-corrected chi connectivity index (χ3v) is 21.1. The molecular formula is C88H54O27. The van der Waals surface area contributed by atoms with E-state index in [2.05, 4.69) is 0 Å². The maximum absolute atomic E-state index is 13.3. The van der Waals surface area contributed by atoms with E-state index in [1.807, 2.05) is 0 Å². The Kier molecular flexibility index (Phi) is 15.3. The van der Waals surface area contributed by atoms with Crippen LogP contribution >= 0.6 is 0 Å². The minimum absolute atomic E-state index is 0.00245. The topological polar surface area (TPSA) is 510 Å². The summed E-state index contributed by atoms with van der Waals surface area (Å²) >= 11 is 0. The van der Waals surface area contributed by atoms with E-state index in [4.69, 9.17) is 18.6 Å². The molecule has 115 heavy (non-hydrogen) atoms. The Hall–Kier alpha value is -16.8. The van der Waals surface area contributed by atoms with Crippen molar-refractivity contribution in [1.29, 1.82) is 0 Å². The number of rotatable bonds is 11. The minimum Gasteiger partial charge on any atom is -0.506 e. The van der Waals surface area contributed by atoms with Crippen molar-refractivity contribution in [2.24, 2.45) is 0 Å². The summed E-state index contributed by atoms with van der Waals surface area (Å²) in [5, 5.41) is 274. The molecule has 0 atom stereocenters. The van der Waals surface area contributed by atoms with Crippen LogP contribution in [0.2, 0.25) is 0 Å². The average molecular weight is 1540 g/mol. The van der Waals surface area contributed by atoms with Gasteiger partial charge >= 0.3 is 0 Å². The highest BCUT2D eigenvalue weighted by Crippen LogP contribution is 2.68. The molecule has 18 rings (SSSR count). The van der Waals surface area contributed by atoms with Gasteiger partial charge in [-0.05, 0) is 59.8 Å². The minimum atomic E-state index is -1.50. The molecule has 23 N–H and O–H groups in total. The predicted molar refractivity (Wildman–Crippen MR) is 420 cm³/mol. The Labute approximate surface area is 640 Å². The average Bonchev–Trinajstić information content (AvgIpc) is 1.55. The number of hydrogen-bond acceptors (Lipinski definition) is 27. The first-order chi connectivity index (χ1) is 55.3. The van der Waals surface area contributed by atoms with Gasteiger partial charge < -0.3 is 126 Å². The van der Waals surface area contributed by atoms with Gasteiger partial charge in [-0.15, -0.1) is 0 Å². The van der Waals surface area contributed by atoms with Crippen molar-refractivity contribution in [3.05, 3.63) is 188 Å². The standard InChI is InChI=1S/C88H54O27/c89-60-43(32-18-4-1-5-19-32)63(92)73(102)66(95)54(60)48-39-28-14-10-24-35(39)46(36-25-11-15-29-40(36)48)50-53-59-71(100)77(106)82(111)88(87(59)113-84(53)72(101)56(62(50)91)57-67(96)74(103)78(107)75(104)68(57)97)115-114-86-44(33-20-6-2-7-21-33)61(90)55(69(98)80(86)109)49-41-30-16-12-26-37(41)47(38-27-13-17-31-42(38)49)51-52-58-70(99)76(105)79(108)81(110)85(58)112-83(52)45(64(93)65(51)94)34-22-8-3-9-23-34/h1-31,89-111H. The molecule has 0 aliphatic rings. The lowest BCUT2D eigenvalue weighted by Gasteiger charge is -2.23. The molecule has 18 aromatic rings. The first-order valence-electron chi connectivity index (χ1n) is 34.6. The third kappa shape index (κ3) is 9.51. The van der Waals surface area contributed by atoms with E-state index >= 15 is 0 Å². The van der Waals surface area contributed by atoms with Gasteiger partial charge in [-0.2, -0.15) is 0 Å². The summed E-state index contributed by atoms with van der Waals surface area (Å²) in [5.74, 6) is -29.3. The second-order valence-electron chi connectivity index (χ2n) is 27.0. The normalized spacial score (nSPS) is 11.8. The summed E-state index contributed by atoms with van der Waals surface area (Å²) in [5.41, 5.74) is -7.63. The summed E-state index contributed by atoms with van der Waals surface area (Å²) in [6.45, 7) is 0. The molecule has 0 spiro atoms. The van der Waals surface area contributed by atoms with Crippen molar-refractivity contribution in [3.63, 3.8) is 0 Å². The monoisotopic (exact) mass is 1540 g/mol. The second-order valence-corrected chi connectivity index (χ2v) is 27.0. The highest BCUT2D eigenvalue weighted by Gasteiger charge is 2.41. The summed E-state index contributed by atoms with van der Waals surface area (Å²) in [4.78, 5) is 11.9. The molecular weight excluding hydrogens is 1490 g/mol. The van der Waals surface area contributed by atoms with Gasteiger partial charge in [-0.1, -0.05) is 188 Å². The highest BCUT2D eigenvalue weighted by molar-refractivity contribution is 6.33. The molecule has 2 heterocycles. The molecule has 0 aliphatic heterocycles. The number of phenolic OH excluding ortho intramolecular Hbond substituents is 23. The molecule has 0 bridgehead atoms. The van der Waals surface area contributed by atoms with Crippen molar-refractivity contribution in [2.75, 3.05) is 0 Å². The Morgan fingerprint density at radius 2 is 0.391 bits per heavy atom. The summed E-state index contributed by atoms with van der Waals surface area (Å²) in [7, 11) is 0. The molecule has 16 aromatic carbocycles. The maximum atomic E-state index is 13.3. The van der Waals surface area contributed by atoms with Crippen LogP contribution in [0.3, 0.4) is 0 Å². The fourth-order valence-electron chi connectivity index (χ4n) is 16.0. The number of benzene rings is 16. The van der Waals surface area contributed by atoms with Crippen LogP contribution in [0.5, 0.6) is 144 Å². The zero-order valence-corrected chi connectivity index (χ0v) is 58.3. The number of hydrogen-bond donors (Lipinski definition) is 23. The van der Waals surface area contributed by atoms with Crippen LogP contribution in [0.25, 0.3) is 176 Å². The first-order valence-corrected chi connectivity index (χ1v) is 34.6. The second kappa shape index (κ2) is 25.1. The Balaban J connectivity index is 0.880. The number of fused-ring (bicyclic) bond motifs is 10. The molecule has 0 saturated heterocycles. The molecule has 0 fully saturated rings. The van der Waals surface area contributed by atoms with Crippen LogP contribution in [0.1, 0.15) is 0 Å². The van der Waals surface area contributed by atoms with Gasteiger partial charge in [-0.3, -0.25) is 9.78 Å². The zero-order valence-electron chi connectivity index (χ0n) is 58.3. The summed E-state index contributed by atoms with van der Waals surface area (Å²) in [6, 6.07) is 47.7. The van der Waals surface area contributed by atoms with Crippen LogP contribution in [0, 0.1) is 0 Å². The Morgan fingerprint density at radius 1 is 0.148 bits per heavy atom. The molecule has 0 amide bonds. The van der Waals surface area contributed by atoms with Crippen molar-refractivity contribution >= 4 is 87.0 Å². The Bertz CT molecular complexity index is 7210. The van der Waals surface area contributed by atoms with Gasteiger partial charge in [-0.25, -0.2) is 0 Å². The summed E-state index contributed by atoms with van der Waals surface area (Å²) < 4.78 is 12.6. The van der Waals surface area contributed by atoms with Gasteiger partial charge in [0.1, 0.15) is 22.8 Å². The first kappa shape index (κ1) is 69.9. The predicted octanol–water partition coefficient (Wildman–Crippen LogP) is 18.0. The van der Waals surface area contributed by atoms with Crippen molar-refractivity contribution in [2.45, 2.75) is 0 Å². The van der Waals surface area contributed by atoms with Gasteiger partial charge in [0.15, 0.2) is 74.2 Å². The lowest BCUT2D eigenvalue weighted by molar-refractivity contribution is -0.102. The zero-order chi connectivity index (χ0) is 80.7. The van der Waals surface area contributed by atoms with Crippen molar-refractivity contribution in [3.8, 4) is 233 Å². The molecule has 0 aliphatic carbocycles. The molecule has 0 saturated carbocycles. The van der Waals surface area contributed by atoms with Crippen LogP contribution in [0.15, 0.2) is 197 Å². The van der Waals surface area contributed by atoms with Gasteiger partial charge in [0, 0.05) is 44.2 Å². The van der Waals surface area contributed by atoms with Gasteiger partial charge in [0.25, 0.3) is 5.75 Å². The molecule has 0 unspecified atom stereocenters. The van der Waals surface area contributed by atoms with Gasteiger partial charge in [0.05, 0.1) is 49.7 Å². The van der Waals surface area contributed by atoms with Crippen LogP contribution in [-0.4, -0.2) is 117 Å². The highest BCUT2D eigenvalue weighted by atomic mass is 17.2. The van der Waals surface area contributed by atoms with Gasteiger partial charge in [0.2, 0.25) is 63.2 Å². The third-order valence-electron chi connectivity index (χ3n) is 21.1. The molecule has 27 nitrogen and oxygen atoms in total. The van der Waals surface area contributed by atoms with E-state index < -0.39 is 210 Å². The van der Waals surface area contributed by atoms with E-state index in [9.17, 15) is 117 Å². The molecule has 2 aromatic heterocycles. The quantitative estimate of drug-likeness (QED) is 0.0188. The van der Waals surface area contributed by atoms with Crippen LogP contribution in [0.4, 0.5) is 0 Å². The summed E-state index contributed by atoms with van der Waals surface area (Å²) in [6.07, 6.45) is 0. The lowest BCUT2D eigenvalue weighted by Crippen LogP contribution is -2.04. The van der Waals surface area contributed by atoms with Crippen molar-refractivity contribution < 1.29 is 136 Å². The van der Waals surface area contributed by atoms with E-state index in [1.165, 1.54) is 97.1 Å². The number of furan rings is 2.